The Labute approximate surface area is 165 Å². The van der Waals surface area contributed by atoms with Crippen LogP contribution in [0.25, 0.3) is 10.9 Å². The van der Waals surface area contributed by atoms with Crippen molar-refractivity contribution in [3.63, 3.8) is 0 Å². The molecule has 4 rings (SSSR count). The van der Waals surface area contributed by atoms with E-state index in [1.165, 1.54) is 0 Å². The lowest BCUT2D eigenvalue weighted by atomic mass is 10.0. The van der Waals surface area contributed by atoms with Gasteiger partial charge >= 0.3 is 0 Å². The largest absolute Gasteiger partial charge is 0.399 e. The van der Waals surface area contributed by atoms with Gasteiger partial charge in [-0.05, 0) is 42.8 Å². The van der Waals surface area contributed by atoms with Crippen LogP contribution in [0.4, 0.5) is 17.2 Å². The van der Waals surface area contributed by atoms with E-state index < -0.39 is 10.6 Å². The molecule has 8 N–H and O–H groups in total. The van der Waals surface area contributed by atoms with Crippen molar-refractivity contribution in [3.8, 4) is 0 Å². The van der Waals surface area contributed by atoms with Gasteiger partial charge in [0.15, 0.2) is 0 Å². The fourth-order valence-electron chi connectivity index (χ4n) is 3.75. The van der Waals surface area contributed by atoms with Gasteiger partial charge in [0.05, 0.1) is 16.2 Å². The van der Waals surface area contributed by atoms with Crippen molar-refractivity contribution in [1.82, 2.24) is 4.98 Å². The number of hydrogen-bond donors (Lipinski definition) is 5. The normalized spacial score (nSPS) is 17.2. The zero-order valence-corrected chi connectivity index (χ0v) is 16.3. The topological polar surface area (TPSA) is 135 Å². The maximum Gasteiger partial charge on any atom is 0.134 e. The van der Waals surface area contributed by atoms with Gasteiger partial charge < -0.3 is 22.1 Å². The van der Waals surface area contributed by atoms with Crippen molar-refractivity contribution in [2.45, 2.75) is 17.9 Å². The number of nitrogen functional groups attached to an aromatic ring is 2. The number of nitrogens with two attached hydrogens (primary N) is 3. The monoisotopic (exact) mass is 399 g/mol. The number of fused-ring (bicyclic) bond motifs is 2. The van der Waals surface area contributed by atoms with Crippen molar-refractivity contribution in [1.29, 1.82) is 0 Å². The molecule has 8 heteroatoms. The van der Waals surface area contributed by atoms with Crippen LogP contribution >= 0.6 is 10.6 Å². The van der Waals surface area contributed by atoms with E-state index in [-0.39, 0.29) is 5.75 Å². The Morgan fingerprint density at radius 3 is 2.68 bits per heavy atom. The third-order valence-electron chi connectivity index (χ3n) is 5.16. The predicted molar refractivity (Wildman–Crippen MR) is 117 cm³/mol. The Hall–Kier alpha value is -2.52. The first-order chi connectivity index (χ1) is 13.4. The molecule has 1 aliphatic heterocycles. The van der Waals surface area contributed by atoms with Gasteiger partial charge in [-0.15, -0.1) is 0 Å². The number of hydrogen-bond acceptors (Lipinski definition) is 7. The minimum Gasteiger partial charge on any atom is -0.399 e. The van der Waals surface area contributed by atoms with Gasteiger partial charge in [-0.1, -0.05) is 18.2 Å². The van der Waals surface area contributed by atoms with E-state index in [0.717, 1.165) is 27.8 Å². The minimum absolute atomic E-state index is 0.243. The molecule has 0 atom stereocenters. The number of rotatable bonds is 3. The molecule has 28 heavy (non-hydrogen) atoms. The quantitative estimate of drug-likeness (QED) is 0.427. The summed E-state index contributed by atoms with van der Waals surface area (Å²) in [7, 11) is -2.84. The molecule has 0 spiro atoms. The molecule has 0 amide bonds. The van der Waals surface area contributed by atoms with Crippen LogP contribution in [0.3, 0.4) is 0 Å². The van der Waals surface area contributed by atoms with Gasteiger partial charge in [0.2, 0.25) is 0 Å². The lowest BCUT2D eigenvalue weighted by molar-refractivity contribution is 0.488. The minimum atomic E-state index is -2.84. The zero-order chi connectivity index (χ0) is 19.9. The third-order valence-corrected chi connectivity index (χ3v) is 7.01. The Bertz CT molecular complexity index is 1040. The summed E-state index contributed by atoms with van der Waals surface area (Å²) in [6.07, 6.45) is 0.577. The molecule has 1 aliphatic rings. The number of nitrogens with zero attached hydrogens (tertiary/aromatic N) is 2. The van der Waals surface area contributed by atoms with Crippen molar-refractivity contribution < 1.29 is 9.11 Å². The molecular formula is C20H25N5O2S. The van der Waals surface area contributed by atoms with Crippen LogP contribution in [0, 0.1) is 0 Å². The van der Waals surface area contributed by atoms with E-state index in [4.69, 9.17) is 22.2 Å². The Kier molecular flexibility index (Phi) is 4.80. The van der Waals surface area contributed by atoms with Crippen LogP contribution in [0.2, 0.25) is 0 Å². The molecule has 3 aromatic rings. The number of pyridine rings is 1. The molecule has 2 heterocycles. The van der Waals surface area contributed by atoms with E-state index in [1.54, 1.807) is 12.1 Å². The maximum atomic E-state index is 10.6. The summed E-state index contributed by atoms with van der Waals surface area (Å²) in [5.41, 5.74) is 22.0. The van der Waals surface area contributed by atoms with E-state index in [1.807, 2.05) is 30.3 Å². The average Bonchev–Trinajstić information content (AvgIpc) is 2.81. The first-order valence-corrected chi connectivity index (χ1v) is 10.9. The molecule has 0 bridgehead atoms. The SMILES string of the molecule is NCCc1c(N2CCS(O)(O)c3ccccc3C2)nc2ccc(N)cc2c1N. The van der Waals surface area contributed by atoms with Crippen molar-refractivity contribution in [3.05, 3.63) is 53.6 Å². The maximum absolute atomic E-state index is 10.6. The predicted octanol–water partition coefficient (Wildman–Crippen LogP) is 3.03. The van der Waals surface area contributed by atoms with Gasteiger partial charge in [0.1, 0.15) is 5.82 Å². The number of anilines is 3. The molecule has 7 nitrogen and oxygen atoms in total. The summed E-state index contributed by atoms with van der Waals surface area (Å²) in [5.74, 6) is 0.986. The lowest BCUT2D eigenvalue weighted by Gasteiger charge is -2.32. The summed E-state index contributed by atoms with van der Waals surface area (Å²) in [5, 5.41) is 0.812. The van der Waals surface area contributed by atoms with Gasteiger partial charge in [-0.2, -0.15) is 10.6 Å². The average molecular weight is 400 g/mol. The van der Waals surface area contributed by atoms with E-state index in [0.29, 0.717) is 42.3 Å². The highest BCUT2D eigenvalue weighted by Gasteiger charge is 2.28. The molecular weight excluding hydrogens is 374 g/mol. The van der Waals surface area contributed by atoms with Crippen LogP contribution in [0.15, 0.2) is 47.4 Å². The van der Waals surface area contributed by atoms with E-state index in [2.05, 4.69) is 4.90 Å². The standard InChI is InChI=1S/C20H25N5O2S/c21-8-7-15-19(23)16-11-14(22)5-6-17(16)24-20(15)25-9-10-28(26,27)18-4-2-1-3-13(18)12-25/h1-6,11,26-27H,7-10,12,21-22H2,(H2,23,24). The number of benzene rings is 2. The van der Waals surface area contributed by atoms with Crippen molar-refractivity contribution >= 4 is 38.7 Å². The molecule has 148 valence electrons. The first kappa shape index (κ1) is 18.8. The van der Waals surface area contributed by atoms with Crippen LogP contribution in [-0.4, -0.2) is 32.9 Å². The highest BCUT2D eigenvalue weighted by Crippen LogP contribution is 2.51. The summed E-state index contributed by atoms with van der Waals surface area (Å²) in [6.45, 7) is 1.42. The smallest absolute Gasteiger partial charge is 0.134 e. The van der Waals surface area contributed by atoms with Gasteiger partial charge in [0, 0.05) is 35.4 Å². The Balaban J connectivity index is 1.87. The highest BCUT2D eigenvalue weighted by atomic mass is 32.3. The molecule has 0 aliphatic carbocycles. The third kappa shape index (κ3) is 3.24. The van der Waals surface area contributed by atoms with E-state index in [9.17, 15) is 9.11 Å². The van der Waals surface area contributed by atoms with Crippen LogP contribution in [-0.2, 0) is 13.0 Å². The summed E-state index contributed by atoms with van der Waals surface area (Å²) in [4.78, 5) is 7.54. The molecule has 2 aromatic carbocycles. The van der Waals surface area contributed by atoms with Crippen LogP contribution in [0.1, 0.15) is 11.1 Å². The second-order valence-electron chi connectivity index (χ2n) is 7.04. The van der Waals surface area contributed by atoms with Crippen molar-refractivity contribution in [2.24, 2.45) is 5.73 Å². The van der Waals surface area contributed by atoms with Gasteiger partial charge in [-0.25, -0.2) is 4.98 Å². The second kappa shape index (κ2) is 7.14. The number of aromatic nitrogens is 1. The Morgan fingerprint density at radius 1 is 1.11 bits per heavy atom. The van der Waals surface area contributed by atoms with Gasteiger partial charge in [0.25, 0.3) is 0 Å². The fraction of sp³-hybridized carbons (Fsp3) is 0.250. The lowest BCUT2D eigenvalue weighted by Crippen LogP contribution is -2.28. The second-order valence-corrected chi connectivity index (χ2v) is 9.22. The zero-order valence-electron chi connectivity index (χ0n) is 15.5. The summed E-state index contributed by atoms with van der Waals surface area (Å²) < 4.78 is 21.3. The van der Waals surface area contributed by atoms with Gasteiger partial charge in [-0.3, -0.25) is 9.11 Å². The summed E-state index contributed by atoms with van der Waals surface area (Å²) >= 11 is 0. The fourth-order valence-corrected chi connectivity index (χ4v) is 5.29. The highest BCUT2D eigenvalue weighted by molar-refractivity contribution is 8.24. The molecule has 0 fully saturated rings. The van der Waals surface area contributed by atoms with E-state index >= 15 is 0 Å². The van der Waals surface area contributed by atoms with Crippen LogP contribution in [0.5, 0.6) is 0 Å². The van der Waals surface area contributed by atoms with Crippen LogP contribution < -0.4 is 22.1 Å². The molecule has 0 saturated carbocycles. The Morgan fingerprint density at radius 2 is 1.89 bits per heavy atom. The molecule has 1 aromatic heterocycles. The van der Waals surface area contributed by atoms with Crippen molar-refractivity contribution in [2.75, 3.05) is 35.2 Å². The molecule has 0 saturated heterocycles. The summed E-state index contributed by atoms with van der Waals surface area (Å²) in [6, 6.07) is 12.9. The first-order valence-electron chi connectivity index (χ1n) is 9.17. The molecule has 0 unspecified atom stereocenters. The molecule has 0 radical (unpaired) electrons.